The molecule has 2 aromatic carbocycles. The number of nitrogens with zero attached hydrogens (tertiary/aromatic N) is 4. The minimum absolute atomic E-state index is 0.0872. The van der Waals surface area contributed by atoms with Crippen LogP contribution in [0.25, 0.3) is 16.7 Å². The number of pyridine rings is 1. The number of amides is 2. The van der Waals surface area contributed by atoms with E-state index >= 15 is 0 Å². The maximum atomic E-state index is 14.3. The molecule has 6 nitrogen and oxygen atoms in total. The monoisotopic (exact) mass is 424 g/mol. The fourth-order valence-electron chi connectivity index (χ4n) is 3.61. The SMILES string of the molecule is Cc1nn(-c2ccccc2F)c2ncc3c(c12)C(=O)N(c1ccc(F)c(Cl)c1)C3=O. The lowest BCUT2D eigenvalue weighted by Crippen LogP contribution is -2.29. The minimum Gasteiger partial charge on any atom is -0.268 e. The van der Waals surface area contributed by atoms with Gasteiger partial charge < -0.3 is 0 Å². The summed E-state index contributed by atoms with van der Waals surface area (Å²) in [6.07, 6.45) is 1.27. The molecule has 0 N–H and O–H groups in total. The Morgan fingerprint density at radius 3 is 2.50 bits per heavy atom. The zero-order chi connectivity index (χ0) is 21.2. The Labute approximate surface area is 173 Å². The van der Waals surface area contributed by atoms with Gasteiger partial charge >= 0.3 is 0 Å². The van der Waals surface area contributed by atoms with Crippen LogP contribution in [0.3, 0.4) is 0 Å². The van der Waals surface area contributed by atoms with Gasteiger partial charge in [0.25, 0.3) is 11.8 Å². The summed E-state index contributed by atoms with van der Waals surface area (Å²) in [7, 11) is 0. The Kier molecular flexibility index (Phi) is 3.94. The van der Waals surface area contributed by atoms with Crippen LogP contribution in [0, 0.1) is 18.6 Å². The molecule has 148 valence electrons. The van der Waals surface area contributed by atoms with Gasteiger partial charge in [0.15, 0.2) is 5.65 Å². The number of rotatable bonds is 2. The van der Waals surface area contributed by atoms with Crippen LogP contribution in [-0.4, -0.2) is 26.6 Å². The molecule has 3 heterocycles. The van der Waals surface area contributed by atoms with E-state index < -0.39 is 23.4 Å². The molecule has 0 saturated carbocycles. The van der Waals surface area contributed by atoms with Gasteiger partial charge in [0.1, 0.15) is 17.3 Å². The summed E-state index contributed by atoms with van der Waals surface area (Å²) >= 11 is 5.82. The van der Waals surface area contributed by atoms with E-state index in [2.05, 4.69) is 10.1 Å². The Morgan fingerprint density at radius 1 is 1.00 bits per heavy atom. The molecule has 9 heteroatoms. The predicted molar refractivity (Wildman–Crippen MR) is 106 cm³/mol. The number of benzene rings is 2. The fourth-order valence-corrected chi connectivity index (χ4v) is 3.79. The molecule has 4 aromatic rings. The van der Waals surface area contributed by atoms with Crippen molar-refractivity contribution in [1.29, 1.82) is 0 Å². The summed E-state index contributed by atoms with van der Waals surface area (Å²) in [5.41, 5.74) is 1.17. The van der Waals surface area contributed by atoms with Crippen molar-refractivity contribution >= 4 is 40.1 Å². The molecule has 30 heavy (non-hydrogen) atoms. The highest BCUT2D eigenvalue weighted by Crippen LogP contribution is 2.35. The molecule has 2 aromatic heterocycles. The van der Waals surface area contributed by atoms with E-state index in [0.717, 1.165) is 11.0 Å². The van der Waals surface area contributed by atoms with Gasteiger partial charge in [0.05, 0.1) is 32.9 Å². The Balaban J connectivity index is 1.72. The van der Waals surface area contributed by atoms with Gasteiger partial charge in [-0.1, -0.05) is 23.7 Å². The second-order valence-electron chi connectivity index (χ2n) is 6.74. The first-order valence-electron chi connectivity index (χ1n) is 8.85. The van der Waals surface area contributed by atoms with Crippen LogP contribution in [0.4, 0.5) is 14.5 Å². The standard InChI is InChI=1S/C21H11ClF2N4O2/c1-10-17-18-12(9-25-19(17)28(26-10)16-5-3-2-4-15(16)24)20(29)27(21(18)30)11-6-7-14(23)13(22)8-11/h2-9H,1H3. The van der Waals surface area contributed by atoms with Gasteiger partial charge in [-0.15, -0.1) is 0 Å². The third-order valence-electron chi connectivity index (χ3n) is 4.96. The van der Waals surface area contributed by atoms with Crippen LogP contribution in [0.2, 0.25) is 5.02 Å². The van der Waals surface area contributed by atoms with Gasteiger partial charge in [-0.25, -0.2) is 23.3 Å². The average molecular weight is 425 g/mol. The molecule has 2 amide bonds. The van der Waals surface area contributed by atoms with E-state index in [9.17, 15) is 18.4 Å². The normalized spacial score (nSPS) is 13.4. The predicted octanol–water partition coefficient (Wildman–Crippen LogP) is 4.46. The van der Waals surface area contributed by atoms with Crippen molar-refractivity contribution in [3.63, 3.8) is 0 Å². The van der Waals surface area contributed by atoms with Crippen molar-refractivity contribution < 1.29 is 18.4 Å². The van der Waals surface area contributed by atoms with Crippen LogP contribution in [0.15, 0.2) is 48.7 Å². The lowest BCUT2D eigenvalue weighted by molar-refractivity contribution is 0.0926. The molecular weight excluding hydrogens is 414 g/mol. The van der Waals surface area contributed by atoms with Gasteiger partial charge in [-0.2, -0.15) is 5.10 Å². The lowest BCUT2D eigenvalue weighted by Gasteiger charge is -2.14. The van der Waals surface area contributed by atoms with Crippen molar-refractivity contribution in [3.05, 3.63) is 82.1 Å². The number of anilines is 1. The highest BCUT2D eigenvalue weighted by molar-refractivity contribution is 6.38. The Bertz CT molecular complexity index is 1400. The molecule has 0 saturated heterocycles. The summed E-state index contributed by atoms with van der Waals surface area (Å²) in [4.78, 5) is 31.3. The zero-order valence-electron chi connectivity index (χ0n) is 15.4. The van der Waals surface area contributed by atoms with E-state index in [-0.39, 0.29) is 33.2 Å². The molecule has 0 unspecified atom stereocenters. The number of hydrogen-bond acceptors (Lipinski definition) is 4. The Hall–Kier alpha value is -3.65. The molecule has 0 aliphatic carbocycles. The first kappa shape index (κ1) is 18.4. The second kappa shape index (κ2) is 6.43. The van der Waals surface area contributed by atoms with Crippen LogP contribution in [-0.2, 0) is 0 Å². The topological polar surface area (TPSA) is 68.1 Å². The number of aryl methyl sites for hydroxylation is 1. The molecule has 0 spiro atoms. The summed E-state index contributed by atoms with van der Waals surface area (Å²) in [6.45, 7) is 1.65. The number of hydrogen-bond donors (Lipinski definition) is 0. The Morgan fingerprint density at radius 2 is 1.77 bits per heavy atom. The molecule has 0 radical (unpaired) electrons. The molecule has 0 bridgehead atoms. The minimum atomic E-state index is -0.664. The number of fused-ring (bicyclic) bond motifs is 3. The van der Waals surface area contributed by atoms with Crippen LogP contribution in [0.5, 0.6) is 0 Å². The molecule has 0 fully saturated rings. The first-order valence-corrected chi connectivity index (χ1v) is 9.23. The summed E-state index contributed by atoms with van der Waals surface area (Å²) in [6, 6.07) is 9.62. The quantitative estimate of drug-likeness (QED) is 0.445. The van der Waals surface area contributed by atoms with E-state index in [1.54, 1.807) is 19.1 Å². The van der Waals surface area contributed by atoms with E-state index in [1.807, 2.05) is 0 Å². The lowest BCUT2D eigenvalue weighted by atomic mass is 10.1. The third-order valence-corrected chi connectivity index (χ3v) is 5.25. The fraction of sp³-hybridized carbons (Fsp3) is 0.0476. The van der Waals surface area contributed by atoms with Gasteiger partial charge in [0.2, 0.25) is 0 Å². The maximum Gasteiger partial charge on any atom is 0.267 e. The van der Waals surface area contributed by atoms with Crippen molar-refractivity contribution in [2.45, 2.75) is 6.92 Å². The highest BCUT2D eigenvalue weighted by atomic mass is 35.5. The average Bonchev–Trinajstić information content (AvgIpc) is 3.19. The van der Waals surface area contributed by atoms with Gasteiger partial charge in [0, 0.05) is 6.20 Å². The van der Waals surface area contributed by atoms with E-state index in [4.69, 9.17) is 11.6 Å². The van der Waals surface area contributed by atoms with Crippen molar-refractivity contribution in [2.24, 2.45) is 0 Å². The summed E-state index contributed by atoms with van der Waals surface area (Å²) in [5.74, 6) is -2.39. The molecular formula is C21H11ClF2N4O2. The second-order valence-corrected chi connectivity index (χ2v) is 7.15. The van der Waals surface area contributed by atoms with Crippen LogP contribution >= 0.6 is 11.6 Å². The van der Waals surface area contributed by atoms with Crippen LogP contribution < -0.4 is 4.90 Å². The maximum absolute atomic E-state index is 14.3. The van der Waals surface area contributed by atoms with E-state index in [0.29, 0.717) is 11.1 Å². The highest BCUT2D eigenvalue weighted by Gasteiger charge is 2.40. The van der Waals surface area contributed by atoms with Gasteiger partial charge in [-0.3, -0.25) is 9.59 Å². The smallest absolute Gasteiger partial charge is 0.267 e. The number of imide groups is 1. The molecule has 5 rings (SSSR count). The van der Waals surface area contributed by atoms with Crippen molar-refractivity contribution in [2.75, 3.05) is 4.90 Å². The third kappa shape index (κ3) is 2.47. The molecule has 0 atom stereocenters. The largest absolute Gasteiger partial charge is 0.268 e. The van der Waals surface area contributed by atoms with E-state index in [1.165, 1.54) is 35.1 Å². The number of carbonyl (C=O) groups excluding carboxylic acids is 2. The van der Waals surface area contributed by atoms with Crippen molar-refractivity contribution in [3.8, 4) is 5.69 Å². The number of halogens is 3. The zero-order valence-corrected chi connectivity index (χ0v) is 16.1. The summed E-state index contributed by atoms with van der Waals surface area (Å²) < 4.78 is 29.1. The number of aromatic nitrogens is 3. The number of carbonyl (C=O) groups is 2. The molecule has 1 aliphatic rings. The first-order chi connectivity index (χ1) is 14.4. The van der Waals surface area contributed by atoms with Crippen LogP contribution in [0.1, 0.15) is 26.4 Å². The van der Waals surface area contributed by atoms with Gasteiger partial charge in [-0.05, 0) is 37.3 Å². The van der Waals surface area contributed by atoms with Crippen molar-refractivity contribution in [1.82, 2.24) is 14.8 Å². The number of para-hydroxylation sites is 1. The summed E-state index contributed by atoms with van der Waals surface area (Å²) in [5, 5.41) is 4.48. The molecule has 1 aliphatic heterocycles.